The molecular weight excluding hydrogens is 232 g/mol. The molecule has 0 aliphatic carbocycles. The quantitative estimate of drug-likeness (QED) is 0.542. The van der Waals surface area contributed by atoms with Gasteiger partial charge in [-0.1, -0.05) is 0 Å². The summed E-state index contributed by atoms with van der Waals surface area (Å²) in [6.45, 7) is 1.78. The van der Waals surface area contributed by atoms with Gasteiger partial charge in [-0.15, -0.1) is 0 Å². The zero-order valence-electron chi connectivity index (χ0n) is 9.71. The summed E-state index contributed by atoms with van der Waals surface area (Å²) in [5.74, 6) is 5.44. The number of rotatable bonds is 3. The van der Waals surface area contributed by atoms with Gasteiger partial charge in [-0.3, -0.25) is 4.79 Å². The molecule has 0 aliphatic rings. The molecule has 0 saturated heterocycles. The minimum absolute atomic E-state index is 0.271. The zero-order chi connectivity index (χ0) is 13.0. The summed E-state index contributed by atoms with van der Waals surface area (Å²) in [7, 11) is 0. The standard InChI is InChI=1S/C11H12N6O/c1-7-2-8(3-10(15-7)17-12)11(18)16-9-4-13-6-14-5-9/h2-6H,12H2,1H3,(H,15,17)(H,16,18). The van der Waals surface area contributed by atoms with Crippen LogP contribution >= 0.6 is 0 Å². The minimum atomic E-state index is -0.271. The van der Waals surface area contributed by atoms with Crippen LogP contribution in [0.15, 0.2) is 30.9 Å². The number of carbonyl (C=O) groups excluding carboxylic acids is 1. The predicted molar refractivity (Wildman–Crippen MR) is 66.8 cm³/mol. The monoisotopic (exact) mass is 244 g/mol. The van der Waals surface area contributed by atoms with E-state index in [1.54, 1.807) is 19.1 Å². The van der Waals surface area contributed by atoms with Crippen LogP contribution in [-0.4, -0.2) is 20.9 Å². The van der Waals surface area contributed by atoms with Gasteiger partial charge in [0, 0.05) is 11.3 Å². The minimum Gasteiger partial charge on any atom is -0.319 e. The zero-order valence-corrected chi connectivity index (χ0v) is 9.71. The molecule has 2 rings (SSSR count). The lowest BCUT2D eigenvalue weighted by Crippen LogP contribution is -2.15. The van der Waals surface area contributed by atoms with Gasteiger partial charge < -0.3 is 10.7 Å². The molecule has 0 spiro atoms. The van der Waals surface area contributed by atoms with Gasteiger partial charge in [0.1, 0.15) is 12.1 Å². The van der Waals surface area contributed by atoms with E-state index in [-0.39, 0.29) is 5.91 Å². The molecule has 0 bridgehead atoms. The van der Waals surface area contributed by atoms with Crippen LogP contribution in [0.5, 0.6) is 0 Å². The Kier molecular flexibility index (Phi) is 3.44. The molecule has 2 aromatic heterocycles. The van der Waals surface area contributed by atoms with Crippen LogP contribution in [0.25, 0.3) is 0 Å². The van der Waals surface area contributed by atoms with Crippen molar-refractivity contribution >= 4 is 17.4 Å². The van der Waals surface area contributed by atoms with E-state index in [9.17, 15) is 4.79 Å². The second-order valence-electron chi connectivity index (χ2n) is 3.61. The maximum atomic E-state index is 12.0. The van der Waals surface area contributed by atoms with Crippen LogP contribution in [0, 0.1) is 6.92 Å². The molecule has 2 heterocycles. The Morgan fingerprint density at radius 3 is 2.67 bits per heavy atom. The highest BCUT2D eigenvalue weighted by Gasteiger charge is 2.08. The van der Waals surface area contributed by atoms with E-state index >= 15 is 0 Å². The van der Waals surface area contributed by atoms with E-state index in [2.05, 4.69) is 25.7 Å². The van der Waals surface area contributed by atoms with Crippen LogP contribution < -0.4 is 16.6 Å². The summed E-state index contributed by atoms with van der Waals surface area (Å²) in [5.41, 5.74) is 4.09. The highest BCUT2D eigenvalue weighted by Crippen LogP contribution is 2.11. The number of anilines is 2. The van der Waals surface area contributed by atoms with Crippen molar-refractivity contribution in [2.45, 2.75) is 6.92 Å². The van der Waals surface area contributed by atoms with Gasteiger partial charge in [0.15, 0.2) is 0 Å². The lowest BCUT2D eigenvalue weighted by atomic mass is 10.2. The molecule has 7 nitrogen and oxygen atoms in total. The summed E-state index contributed by atoms with van der Waals surface area (Å²) < 4.78 is 0. The number of hydrogen-bond acceptors (Lipinski definition) is 6. The highest BCUT2D eigenvalue weighted by molar-refractivity contribution is 6.04. The van der Waals surface area contributed by atoms with E-state index in [0.717, 1.165) is 0 Å². The largest absolute Gasteiger partial charge is 0.319 e. The van der Waals surface area contributed by atoms with Crippen LogP contribution in [0.2, 0.25) is 0 Å². The fourth-order valence-electron chi connectivity index (χ4n) is 1.44. The van der Waals surface area contributed by atoms with Crippen molar-refractivity contribution in [1.29, 1.82) is 0 Å². The van der Waals surface area contributed by atoms with Gasteiger partial charge >= 0.3 is 0 Å². The number of hydrogen-bond donors (Lipinski definition) is 3. The molecule has 0 unspecified atom stereocenters. The van der Waals surface area contributed by atoms with E-state index < -0.39 is 0 Å². The molecule has 0 saturated carbocycles. The molecule has 7 heteroatoms. The molecular formula is C11H12N6O. The van der Waals surface area contributed by atoms with Crippen molar-refractivity contribution in [1.82, 2.24) is 15.0 Å². The first-order chi connectivity index (χ1) is 8.69. The van der Waals surface area contributed by atoms with Crippen molar-refractivity contribution in [3.8, 4) is 0 Å². The van der Waals surface area contributed by atoms with E-state index in [1.165, 1.54) is 18.7 Å². The van der Waals surface area contributed by atoms with Crippen LogP contribution in [-0.2, 0) is 0 Å². The van der Waals surface area contributed by atoms with Crippen molar-refractivity contribution in [2.24, 2.45) is 5.84 Å². The molecule has 0 aromatic carbocycles. The van der Waals surface area contributed by atoms with Gasteiger partial charge in [-0.25, -0.2) is 20.8 Å². The first-order valence-corrected chi connectivity index (χ1v) is 5.20. The summed E-state index contributed by atoms with van der Waals surface area (Å²) in [6.07, 6.45) is 4.42. The Bertz CT molecular complexity index is 557. The summed E-state index contributed by atoms with van der Waals surface area (Å²) in [5, 5.41) is 2.68. The highest BCUT2D eigenvalue weighted by atomic mass is 16.1. The van der Waals surface area contributed by atoms with E-state index in [4.69, 9.17) is 5.84 Å². The number of aryl methyl sites for hydroxylation is 1. The van der Waals surface area contributed by atoms with Crippen molar-refractivity contribution in [3.05, 3.63) is 42.1 Å². The molecule has 18 heavy (non-hydrogen) atoms. The van der Waals surface area contributed by atoms with Gasteiger partial charge in [-0.05, 0) is 19.1 Å². The van der Waals surface area contributed by atoms with Crippen LogP contribution in [0.4, 0.5) is 11.5 Å². The second kappa shape index (κ2) is 5.19. The first kappa shape index (κ1) is 11.9. The average Bonchev–Trinajstić information content (AvgIpc) is 2.39. The van der Waals surface area contributed by atoms with Crippen LogP contribution in [0.3, 0.4) is 0 Å². The van der Waals surface area contributed by atoms with Gasteiger partial charge in [0.05, 0.1) is 18.1 Å². The predicted octanol–water partition coefficient (Wildman–Crippen LogP) is 0.718. The molecule has 4 N–H and O–H groups in total. The Morgan fingerprint density at radius 1 is 1.28 bits per heavy atom. The van der Waals surface area contributed by atoms with E-state index in [0.29, 0.717) is 22.8 Å². The maximum Gasteiger partial charge on any atom is 0.255 e. The number of nitrogen functional groups attached to an aromatic ring is 1. The summed E-state index contributed by atoms with van der Waals surface area (Å²) >= 11 is 0. The lowest BCUT2D eigenvalue weighted by Gasteiger charge is -2.07. The molecule has 0 aliphatic heterocycles. The number of pyridine rings is 1. The fourth-order valence-corrected chi connectivity index (χ4v) is 1.44. The van der Waals surface area contributed by atoms with Gasteiger partial charge in [0.25, 0.3) is 5.91 Å². The third-order valence-electron chi connectivity index (χ3n) is 2.18. The lowest BCUT2D eigenvalue weighted by molar-refractivity contribution is 0.102. The number of nitrogens with zero attached hydrogens (tertiary/aromatic N) is 3. The third kappa shape index (κ3) is 2.77. The second-order valence-corrected chi connectivity index (χ2v) is 3.61. The Balaban J connectivity index is 2.21. The third-order valence-corrected chi connectivity index (χ3v) is 2.18. The van der Waals surface area contributed by atoms with Crippen molar-refractivity contribution in [3.63, 3.8) is 0 Å². The van der Waals surface area contributed by atoms with Crippen molar-refractivity contribution in [2.75, 3.05) is 10.7 Å². The number of nitrogens with one attached hydrogen (secondary N) is 2. The summed E-state index contributed by atoms with van der Waals surface area (Å²) in [4.78, 5) is 23.7. The fraction of sp³-hybridized carbons (Fsp3) is 0.0909. The molecule has 0 fully saturated rings. The molecule has 1 amide bonds. The Morgan fingerprint density at radius 2 is 2.00 bits per heavy atom. The van der Waals surface area contributed by atoms with Gasteiger partial charge in [0.2, 0.25) is 0 Å². The SMILES string of the molecule is Cc1cc(C(=O)Nc2cncnc2)cc(NN)n1. The Labute approximate surface area is 103 Å². The van der Waals surface area contributed by atoms with Crippen molar-refractivity contribution < 1.29 is 4.79 Å². The normalized spacial score (nSPS) is 9.89. The average molecular weight is 244 g/mol. The number of nitrogens with two attached hydrogens (primary N) is 1. The number of aromatic nitrogens is 3. The maximum absolute atomic E-state index is 12.0. The summed E-state index contributed by atoms with van der Waals surface area (Å²) in [6, 6.07) is 3.23. The molecule has 2 aromatic rings. The molecule has 0 radical (unpaired) electrons. The van der Waals surface area contributed by atoms with E-state index in [1.807, 2.05) is 0 Å². The topological polar surface area (TPSA) is 106 Å². The number of carbonyl (C=O) groups is 1. The van der Waals surface area contributed by atoms with Gasteiger partial charge in [-0.2, -0.15) is 0 Å². The molecule has 92 valence electrons. The molecule has 0 atom stereocenters. The van der Waals surface area contributed by atoms with Crippen LogP contribution in [0.1, 0.15) is 16.1 Å². The smallest absolute Gasteiger partial charge is 0.255 e. The first-order valence-electron chi connectivity index (χ1n) is 5.20. The number of hydrazine groups is 1. The number of amides is 1. The Hall–Kier alpha value is -2.54.